The Morgan fingerprint density at radius 3 is 2.43 bits per heavy atom. The van der Waals surface area contributed by atoms with Gasteiger partial charge in [-0.05, 0) is 64.7 Å². The highest BCUT2D eigenvalue weighted by atomic mass is 16.5. The summed E-state index contributed by atoms with van der Waals surface area (Å²) in [6.07, 6.45) is 14.3. The van der Waals surface area contributed by atoms with Gasteiger partial charge in [0, 0.05) is 26.2 Å². The molecule has 2 saturated carbocycles. The lowest BCUT2D eigenvalue weighted by Crippen LogP contribution is -2.45. The Morgan fingerprint density at radius 2 is 1.75 bits per heavy atom. The van der Waals surface area contributed by atoms with Crippen LogP contribution >= 0.6 is 0 Å². The Balaban J connectivity index is 1.49. The van der Waals surface area contributed by atoms with Crippen molar-refractivity contribution >= 4 is 11.9 Å². The minimum absolute atomic E-state index is 0.0316. The lowest BCUT2D eigenvalue weighted by Gasteiger charge is -2.29. The van der Waals surface area contributed by atoms with E-state index in [0.29, 0.717) is 18.8 Å². The third kappa shape index (κ3) is 8.80. The van der Waals surface area contributed by atoms with E-state index in [1.54, 1.807) is 0 Å². The van der Waals surface area contributed by atoms with E-state index in [-0.39, 0.29) is 11.9 Å². The Hall–Kier alpha value is -1.30. The minimum atomic E-state index is -0.0316. The van der Waals surface area contributed by atoms with Crippen molar-refractivity contribution in [1.82, 2.24) is 10.6 Å². The largest absolute Gasteiger partial charge is 0.466 e. The number of hydrogen-bond acceptors (Lipinski definition) is 4. The molecule has 0 radical (unpaired) electrons. The molecule has 0 atom stereocenters. The number of carbonyl (C=O) groups excluding carboxylic acids is 1. The lowest BCUT2D eigenvalue weighted by molar-refractivity contribution is -0.149. The van der Waals surface area contributed by atoms with Gasteiger partial charge in [-0.3, -0.25) is 9.79 Å². The molecule has 6 nitrogen and oxygen atoms in total. The number of rotatable bonds is 10. The van der Waals surface area contributed by atoms with Crippen LogP contribution in [0.25, 0.3) is 0 Å². The number of esters is 1. The highest BCUT2D eigenvalue weighted by molar-refractivity contribution is 5.80. The second kappa shape index (κ2) is 13.8. The number of guanidine groups is 1. The SMILES string of the molecule is CCOC(=O)C1CCC(NC(=NC)NCCCCCOC2CCCCC2)CC1. The van der Waals surface area contributed by atoms with Gasteiger partial charge in [-0.25, -0.2) is 0 Å². The summed E-state index contributed by atoms with van der Waals surface area (Å²) in [5, 5.41) is 6.92. The van der Waals surface area contributed by atoms with Crippen LogP contribution in [-0.2, 0) is 14.3 Å². The average molecular weight is 396 g/mol. The van der Waals surface area contributed by atoms with Crippen LogP contribution in [-0.4, -0.2) is 50.9 Å². The van der Waals surface area contributed by atoms with Crippen LogP contribution < -0.4 is 10.6 Å². The molecule has 0 aromatic carbocycles. The number of hydrogen-bond donors (Lipinski definition) is 2. The molecule has 0 aliphatic heterocycles. The molecule has 0 bridgehead atoms. The van der Waals surface area contributed by atoms with Crippen LogP contribution in [0.3, 0.4) is 0 Å². The first-order chi connectivity index (χ1) is 13.7. The maximum Gasteiger partial charge on any atom is 0.308 e. The quantitative estimate of drug-likeness (QED) is 0.255. The van der Waals surface area contributed by atoms with E-state index in [9.17, 15) is 4.79 Å². The lowest BCUT2D eigenvalue weighted by atomic mass is 9.86. The van der Waals surface area contributed by atoms with Crippen LogP contribution in [0.2, 0.25) is 0 Å². The van der Waals surface area contributed by atoms with E-state index >= 15 is 0 Å². The highest BCUT2D eigenvalue weighted by Gasteiger charge is 2.27. The van der Waals surface area contributed by atoms with Crippen molar-refractivity contribution in [3.8, 4) is 0 Å². The molecule has 0 heterocycles. The fraction of sp³-hybridized carbons (Fsp3) is 0.909. The first-order valence-electron chi connectivity index (χ1n) is 11.5. The Labute approximate surface area is 171 Å². The van der Waals surface area contributed by atoms with E-state index in [1.807, 2.05) is 14.0 Å². The summed E-state index contributed by atoms with van der Waals surface area (Å²) in [5.41, 5.74) is 0. The molecule has 2 aliphatic rings. The molecule has 0 spiro atoms. The first-order valence-corrected chi connectivity index (χ1v) is 11.5. The predicted octanol–water partition coefficient (Wildman–Crippen LogP) is 3.79. The van der Waals surface area contributed by atoms with E-state index in [0.717, 1.165) is 57.6 Å². The van der Waals surface area contributed by atoms with Crippen molar-refractivity contribution in [1.29, 1.82) is 0 Å². The number of ether oxygens (including phenoxy) is 2. The van der Waals surface area contributed by atoms with Gasteiger partial charge in [-0.2, -0.15) is 0 Å². The van der Waals surface area contributed by atoms with Gasteiger partial charge in [0.15, 0.2) is 5.96 Å². The third-order valence-corrected chi connectivity index (χ3v) is 5.93. The molecule has 2 rings (SSSR count). The fourth-order valence-corrected chi connectivity index (χ4v) is 4.21. The monoisotopic (exact) mass is 395 g/mol. The summed E-state index contributed by atoms with van der Waals surface area (Å²) in [4.78, 5) is 16.2. The van der Waals surface area contributed by atoms with Gasteiger partial charge in [0.25, 0.3) is 0 Å². The number of unbranched alkanes of at least 4 members (excludes halogenated alkanes) is 2. The molecule has 162 valence electrons. The maximum atomic E-state index is 11.8. The van der Waals surface area contributed by atoms with E-state index < -0.39 is 0 Å². The second-order valence-corrected chi connectivity index (χ2v) is 8.14. The fourth-order valence-electron chi connectivity index (χ4n) is 4.21. The molecule has 2 aliphatic carbocycles. The second-order valence-electron chi connectivity index (χ2n) is 8.14. The van der Waals surface area contributed by atoms with Crippen LogP contribution in [0.4, 0.5) is 0 Å². The normalized spacial score (nSPS) is 24.0. The third-order valence-electron chi connectivity index (χ3n) is 5.93. The van der Waals surface area contributed by atoms with Gasteiger partial charge in [0.2, 0.25) is 0 Å². The smallest absolute Gasteiger partial charge is 0.308 e. The summed E-state index contributed by atoms with van der Waals surface area (Å²) >= 11 is 0. The molecule has 2 fully saturated rings. The molecule has 0 saturated heterocycles. The van der Waals surface area contributed by atoms with Gasteiger partial charge in [-0.15, -0.1) is 0 Å². The van der Waals surface area contributed by atoms with Crippen LogP contribution in [0.1, 0.15) is 84.0 Å². The minimum Gasteiger partial charge on any atom is -0.466 e. The Kier molecular flexibility index (Phi) is 11.3. The van der Waals surface area contributed by atoms with Crippen LogP contribution in [0.5, 0.6) is 0 Å². The van der Waals surface area contributed by atoms with Crippen LogP contribution in [0.15, 0.2) is 4.99 Å². The van der Waals surface area contributed by atoms with Gasteiger partial charge < -0.3 is 20.1 Å². The molecular weight excluding hydrogens is 354 g/mol. The predicted molar refractivity (Wildman–Crippen MR) is 114 cm³/mol. The molecule has 0 amide bonds. The van der Waals surface area contributed by atoms with Crippen molar-refractivity contribution in [3.05, 3.63) is 0 Å². The van der Waals surface area contributed by atoms with Crippen molar-refractivity contribution in [3.63, 3.8) is 0 Å². The van der Waals surface area contributed by atoms with Crippen molar-refractivity contribution in [2.24, 2.45) is 10.9 Å². The van der Waals surface area contributed by atoms with Crippen molar-refractivity contribution in [2.75, 3.05) is 26.8 Å². The average Bonchev–Trinajstić information content (AvgIpc) is 2.73. The topological polar surface area (TPSA) is 72.0 Å². The summed E-state index contributed by atoms with van der Waals surface area (Å²) < 4.78 is 11.1. The number of nitrogens with one attached hydrogen (secondary N) is 2. The standard InChI is InChI=1S/C22H41N3O3/c1-3-27-21(26)18-12-14-19(15-13-18)25-22(23-2)24-16-8-5-9-17-28-20-10-6-4-7-11-20/h18-20H,3-17H2,1-2H3,(H2,23,24,25). The zero-order valence-electron chi connectivity index (χ0n) is 18.0. The van der Waals surface area contributed by atoms with Gasteiger partial charge in [0.05, 0.1) is 18.6 Å². The number of aliphatic imine (C=N–C) groups is 1. The van der Waals surface area contributed by atoms with Gasteiger partial charge in [0.1, 0.15) is 0 Å². The van der Waals surface area contributed by atoms with Crippen molar-refractivity contribution < 1.29 is 14.3 Å². The Bertz CT molecular complexity index is 456. The Morgan fingerprint density at radius 1 is 1.00 bits per heavy atom. The zero-order valence-corrected chi connectivity index (χ0v) is 18.0. The summed E-state index contributed by atoms with van der Waals surface area (Å²) in [5.74, 6) is 0.915. The summed E-state index contributed by atoms with van der Waals surface area (Å²) in [6, 6.07) is 0.390. The maximum absolute atomic E-state index is 11.8. The molecule has 28 heavy (non-hydrogen) atoms. The van der Waals surface area contributed by atoms with Crippen LogP contribution in [0, 0.1) is 5.92 Å². The highest BCUT2D eigenvalue weighted by Crippen LogP contribution is 2.25. The zero-order chi connectivity index (χ0) is 20.0. The van der Waals surface area contributed by atoms with E-state index in [4.69, 9.17) is 9.47 Å². The number of nitrogens with zero attached hydrogens (tertiary/aromatic N) is 1. The van der Waals surface area contributed by atoms with E-state index in [1.165, 1.54) is 38.5 Å². The summed E-state index contributed by atoms with van der Waals surface area (Å²) in [6.45, 7) is 4.17. The molecule has 6 heteroatoms. The molecular formula is C22H41N3O3. The van der Waals surface area contributed by atoms with Gasteiger partial charge >= 0.3 is 5.97 Å². The van der Waals surface area contributed by atoms with Gasteiger partial charge in [-0.1, -0.05) is 19.3 Å². The molecule has 0 aromatic heterocycles. The van der Waals surface area contributed by atoms with Crippen molar-refractivity contribution in [2.45, 2.75) is 96.1 Å². The van der Waals surface area contributed by atoms with E-state index in [2.05, 4.69) is 15.6 Å². The number of carbonyl (C=O) groups is 1. The molecule has 0 aromatic rings. The summed E-state index contributed by atoms with van der Waals surface area (Å²) in [7, 11) is 1.82. The molecule has 0 unspecified atom stereocenters. The molecule has 2 N–H and O–H groups in total. The first kappa shape index (κ1) is 23.0.